The zero-order chi connectivity index (χ0) is 24.1. The molecule has 3 aromatic rings. The van der Waals surface area contributed by atoms with E-state index in [1.54, 1.807) is 42.7 Å². The highest BCUT2D eigenvalue weighted by molar-refractivity contribution is 7.46. The molecule has 0 aliphatic carbocycles. The lowest BCUT2D eigenvalue weighted by Crippen LogP contribution is -2.41. The first-order valence-electron chi connectivity index (χ1n) is 10.0. The molecule has 4 rings (SSSR count). The second kappa shape index (κ2) is 10.2. The minimum absolute atomic E-state index is 0.0360. The minimum Gasteiger partial charge on any atom is -0.471 e. The Bertz CT molecular complexity index is 1240. The summed E-state index contributed by atoms with van der Waals surface area (Å²) in [6.07, 6.45) is 7.72. The molecule has 0 spiro atoms. The van der Waals surface area contributed by atoms with Gasteiger partial charge in [0.1, 0.15) is 31.0 Å². The van der Waals surface area contributed by atoms with Crippen molar-refractivity contribution in [2.24, 2.45) is 5.73 Å². The van der Waals surface area contributed by atoms with Gasteiger partial charge in [-0.2, -0.15) is 0 Å². The molecule has 178 valence electrons. The summed E-state index contributed by atoms with van der Waals surface area (Å²) in [6, 6.07) is 8.02. The molecule has 1 aliphatic rings. The third-order valence-electron chi connectivity index (χ3n) is 4.82. The van der Waals surface area contributed by atoms with E-state index >= 15 is 0 Å². The van der Waals surface area contributed by atoms with Crippen LogP contribution in [-0.4, -0.2) is 42.7 Å². The summed E-state index contributed by atoms with van der Waals surface area (Å²) in [5.74, 6) is 0.303. The van der Waals surface area contributed by atoms with Crippen LogP contribution in [-0.2, 0) is 22.1 Å². The van der Waals surface area contributed by atoms with E-state index in [0.717, 1.165) is 5.56 Å². The SMILES string of the molecule is NC1C(c2cc(Cc3ccc(OCc4ncccc4F)nc3)no2)=CC=CN1COP(=O)(O)O. The van der Waals surface area contributed by atoms with Gasteiger partial charge in [-0.3, -0.25) is 9.51 Å². The maximum Gasteiger partial charge on any atom is 0.471 e. The lowest BCUT2D eigenvalue weighted by molar-refractivity contribution is 0.110. The number of hydrogen-bond acceptors (Lipinski definition) is 9. The number of rotatable bonds is 9. The highest BCUT2D eigenvalue weighted by Crippen LogP contribution is 2.36. The number of phosphoric acid groups is 1. The highest BCUT2D eigenvalue weighted by atomic mass is 31.2. The first-order chi connectivity index (χ1) is 16.3. The second-order valence-corrected chi connectivity index (χ2v) is 8.50. The van der Waals surface area contributed by atoms with E-state index in [0.29, 0.717) is 29.3 Å². The van der Waals surface area contributed by atoms with Gasteiger partial charge in [-0.1, -0.05) is 17.3 Å². The van der Waals surface area contributed by atoms with E-state index in [1.807, 2.05) is 0 Å². The zero-order valence-electron chi connectivity index (χ0n) is 17.7. The summed E-state index contributed by atoms with van der Waals surface area (Å²) in [7, 11) is -4.63. The molecule has 34 heavy (non-hydrogen) atoms. The monoisotopic (exact) mass is 489 g/mol. The molecule has 1 unspecified atom stereocenters. The summed E-state index contributed by atoms with van der Waals surface area (Å²) < 4.78 is 40.0. The summed E-state index contributed by atoms with van der Waals surface area (Å²) in [6.45, 7) is -0.432. The predicted octanol–water partition coefficient (Wildman–Crippen LogP) is 2.34. The van der Waals surface area contributed by atoms with Crippen LogP contribution in [0.1, 0.15) is 22.7 Å². The topological polar surface area (TPSA) is 157 Å². The molecule has 11 nitrogen and oxygen atoms in total. The third kappa shape index (κ3) is 6.13. The Hall–Kier alpha value is -3.41. The Morgan fingerprint density at radius 3 is 2.85 bits per heavy atom. The van der Waals surface area contributed by atoms with Crippen LogP contribution in [0.4, 0.5) is 4.39 Å². The highest BCUT2D eigenvalue weighted by Gasteiger charge is 2.25. The fraction of sp³-hybridized carbons (Fsp3) is 0.190. The molecule has 0 bridgehead atoms. The molecule has 0 saturated carbocycles. The molecular formula is C21H21FN5O6P. The first-order valence-corrected chi connectivity index (χ1v) is 11.5. The predicted molar refractivity (Wildman–Crippen MR) is 117 cm³/mol. The first kappa shape index (κ1) is 23.7. The van der Waals surface area contributed by atoms with Crippen molar-refractivity contribution >= 4 is 13.4 Å². The van der Waals surface area contributed by atoms with Crippen molar-refractivity contribution in [1.82, 2.24) is 20.0 Å². The quantitative estimate of drug-likeness (QED) is 0.379. The van der Waals surface area contributed by atoms with Crippen molar-refractivity contribution in [3.8, 4) is 5.88 Å². The van der Waals surface area contributed by atoms with Crippen molar-refractivity contribution < 1.29 is 32.5 Å². The molecule has 1 aliphatic heterocycles. The van der Waals surface area contributed by atoms with Crippen LogP contribution in [0.5, 0.6) is 5.88 Å². The molecule has 3 aromatic heterocycles. The molecule has 0 amide bonds. The van der Waals surface area contributed by atoms with Crippen LogP contribution in [0.25, 0.3) is 5.57 Å². The number of phosphoric ester groups is 1. The van der Waals surface area contributed by atoms with E-state index in [4.69, 9.17) is 24.8 Å². The Morgan fingerprint density at radius 2 is 2.12 bits per heavy atom. The van der Waals surface area contributed by atoms with E-state index in [1.165, 1.54) is 23.2 Å². The van der Waals surface area contributed by atoms with E-state index in [-0.39, 0.29) is 12.3 Å². The average Bonchev–Trinajstić information content (AvgIpc) is 3.26. The largest absolute Gasteiger partial charge is 0.471 e. The van der Waals surface area contributed by atoms with E-state index < -0.39 is 26.5 Å². The van der Waals surface area contributed by atoms with Crippen molar-refractivity contribution in [3.63, 3.8) is 0 Å². The van der Waals surface area contributed by atoms with Crippen LogP contribution in [0.3, 0.4) is 0 Å². The van der Waals surface area contributed by atoms with Gasteiger partial charge in [0.05, 0.1) is 5.69 Å². The fourth-order valence-corrected chi connectivity index (χ4v) is 3.41. The van der Waals surface area contributed by atoms with Gasteiger partial charge in [0.2, 0.25) is 5.88 Å². The summed E-state index contributed by atoms with van der Waals surface area (Å²) >= 11 is 0. The summed E-state index contributed by atoms with van der Waals surface area (Å²) in [5.41, 5.74) is 8.41. The van der Waals surface area contributed by atoms with E-state index in [9.17, 15) is 8.96 Å². The summed E-state index contributed by atoms with van der Waals surface area (Å²) in [4.78, 5) is 27.4. The zero-order valence-corrected chi connectivity index (χ0v) is 18.6. The smallest absolute Gasteiger partial charge is 0.471 e. The van der Waals surface area contributed by atoms with Crippen LogP contribution < -0.4 is 10.5 Å². The van der Waals surface area contributed by atoms with Crippen LogP contribution in [0.2, 0.25) is 0 Å². The van der Waals surface area contributed by atoms with Crippen molar-refractivity contribution in [2.75, 3.05) is 6.73 Å². The van der Waals surface area contributed by atoms with Gasteiger partial charge < -0.3 is 29.7 Å². The van der Waals surface area contributed by atoms with Gasteiger partial charge in [0.15, 0.2) is 5.76 Å². The molecule has 0 radical (unpaired) electrons. The molecule has 0 fully saturated rings. The lowest BCUT2D eigenvalue weighted by Gasteiger charge is -2.30. The number of aromatic nitrogens is 3. The molecular weight excluding hydrogens is 468 g/mol. The van der Waals surface area contributed by atoms with Gasteiger partial charge in [-0.05, 0) is 23.8 Å². The number of allylic oxidation sites excluding steroid dienone is 2. The van der Waals surface area contributed by atoms with Crippen molar-refractivity contribution in [1.29, 1.82) is 0 Å². The Labute approximate surface area is 193 Å². The normalized spacial score (nSPS) is 15.9. The number of ether oxygens (including phenoxy) is 1. The van der Waals surface area contributed by atoms with E-state index in [2.05, 4.69) is 19.6 Å². The van der Waals surface area contributed by atoms with Crippen LogP contribution in [0, 0.1) is 5.82 Å². The average molecular weight is 489 g/mol. The van der Waals surface area contributed by atoms with Gasteiger partial charge in [0, 0.05) is 42.7 Å². The molecule has 4 N–H and O–H groups in total. The molecule has 0 saturated heterocycles. The van der Waals surface area contributed by atoms with Gasteiger partial charge in [0.25, 0.3) is 0 Å². The maximum atomic E-state index is 13.6. The summed E-state index contributed by atoms with van der Waals surface area (Å²) in [5, 5.41) is 4.06. The number of hydrogen-bond donors (Lipinski definition) is 3. The maximum absolute atomic E-state index is 13.6. The molecule has 0 aromatic carbocycles. The number of halogens is 1. The third-order valence-corrected chi connectivity index (χ3v) is 5.27. The molecule has 1 atom stereocenters. The number of nitrogens with two attached hydrogens (primary N) is 1. The van der Waals surface area contributed by atoms with Gasteiger partial charge >= 0.3 is 7.82 Å². The molecule has 13 heteroatoms. The Balaban J connectivity index is 1.35. The van der Waals surface area contributed by atoms with Crippen molar-refractivity contribution in [3.05, 3.63) is 89.6 Å². The molecule has 4 heterocycles. The standard InChI is InChI=1S/C21H21FN5O6P/c22-17-4-1-7-24-18(17)12-31-20-6-5-14(11-25-20)9-15-10-19(33-26-15)16-3-2-8-27(21(16)23)13-32-34(28,29)30/h1-8,10-11,21H,9,12-13,23H2,(H2,28,29,30). The minimum atomic E-state index is -4.63. The van der Waals surface area contributed by atoms with Gasteiger partial charge in [-0.15, -0.1) is 0 Å². The number of pyridine rings is 2. The van der Waals surface area contributed by atoms with Crippen molar-refractivity contribution in [2.45, 2.75) is 19.2 Å². The Kier molecular flexibility index (Phi) is 7.15. The fourth-order valence-electron chi connectivity index (χ4n) is 3.13. The number of nitrogens with zero attached hydrogens (tertiary/aromatic N) is 4. The lowest BCUT2D eigenvalue weighted by atomic mass is 10.1. The Morgan fingerprint density at radius 1 is 1.26 bits per heavy atom. The second-order valence-electron chi connectivity index (χ2n) is 7.26. The van der Waals surface area contributed by atoms with Crippen LogP contribution in [0.15, 0.2) is 65.6 Å². The van der Waals surface area contributed by atoms with Gasteiger partial charge in [-0.25, -0.2) is 13.9 Å². The van der Waals surface area contributed by atoms with Crippen LogP contribution >= 0.6 is 7.82 Å².